The Hall–Kier alpha value is -1.62. The van der Waals surface area contributed by atoms with E-state index in [9.17, 15) is 4.79 Å². The molecule has 1 aliphatic heterocycles. The van der Waals surface area contributed by atoms with Crippen LogP contribution < -0.4 is 4.90 Å². The van der Waals surface area contributed by atoms with Crippen LogP contribution >= 0.6 is 0 Å². The van der Waals surface area contributed by atoms with Crippen molar-refractivity contribution in [2.45, 2.75) is 6.92 Å². The third kappa shape index (κ3) is 2.94. The van der Waals surface area contributed by atoms with Gasteiger partial charge in [-0.3, -0.25) is 4.98 Å². The maximum Gasteiger partial charge on any atom is 0.339 e. The summed E-state index contributed by atoms with van der Waals surface area (Å²) >= 11 is 0. The molecule has 2 rings (SSSR count). The quantitative estimate of drug-likeness (QED) is 0.735. The molecule has 0 spiro atoms. The van der Waals surface area contributed by atoms with Crippen LogP contribution in [-0.4, -0.2) is 43.9 Å². The first kappa shape index (κ1) is 11.9. The Morgan fingerprint density at radius 2 is 2.24 bits per heavy atom. The largest absolute Gasteiger partial charge is 0.462 e. The highest BCUT2D eigenvalue weighted by atomic mass is 16.5. The molecule has 1 fully saturated rings. The van der Waals surface area contributed by atoms with Gasteiger partial charge in [0, 0.05) is 19.3 Å². The highest BCUT2D eigenvalue weighted by Crippen LogP contribution is 2.16. The maximum absolute atomic E-state index is 11.6. The first-order valence-corrected chi connectivity index (χ1v) is 5.76. The summed E-state index contributed by atoms with van der Waals surface area (Å²) in [6.45, 7) is 5.24. The second-order valence-corrected chi connectivity index (χ2v) is 3.75. The first-order chi connectivity index (χ1) is 8.31. The van der Waals surface area contributed by atoms with E-state index >= 15 is 0 Å². The third-order valence-electron chi connectivity index (χ3n) is 2.61. The molecule has 0 bridgehead atoms. The second-order valence-electron chi connectivity index (χ2n) is 3.75. The van der Waals surface area contributed by atoms with E-state index in [0.717, 1.165) is 18.8 Å². The Labute approximate surface area is 100 Å². The van der Waals surface area contributed by atoms with Crippen LogP contribution in [0.4, 0.5) is 5.69 Å². The number of morpholine rings is 1. The van der Waals surface area contributed by atoms with Crippen molar-refractivity contribution >= 4 is 11.7 Å². The zero-order valence-electron chi connectivity index (χ0n) is 9.89. The third-order valence-corrected chi connectivity index (χ3v) is 2.61. The second kappa shape index (κ2) is 5.63. The van der Waals surface area contributed by atoms with Gasteiger partial charge in [0.1, 0.15) is 0 Å². The van der Waals surface area contributed by atoms with Crippen molar-refractivity contribution < 1.29 is 14.3 Å². The minimum Gasteiger partial charge on any atom is -0.462 e. The van der Waals surface area contributed by atoms with Gasteiger partial charge >= 0.3 is 5.97 Å². The van der Waals surface area contributed by atoms with E-state index in [1.54, 1.807) is 13.1 Å². The minimum absolute atomic E-state index is 0.324. The SMILES string of the molecule is CCOC(=O)c1cncc(N2CCOCC2)c1. The van der Waals surface area contributed by atoms with Gasteiger partial charge in [0.15, 0.2) is 0 Å². The van der Waals surface area contributed by atoms with Crippen LogP contribution in [0.5, 0.6) is 0 Å². The summed E-state index contributed by atoms with van der Waals surface area (Å²) in [7, 11) is 0. The highest BCUT2D eigenvalue weighted by Gasteiger charge is 2.14. The van der Waals surface area contributed by atoms with Crippen LogP contribution in [0.3, 0.4) is 0 Å². The fourth-order valence-electron chi connectivity index (χ4n) is 1.75. The maximum atomic E-state index is 11.6. The summed E-state index contributed by atoms with van der Waals surface area (Å²) in [5.41, 5.74) is 1.44. The van der Waals surface area contributed by atoms with Gasteiger partial charge in [-0.25, -0.2) is 4.79 Å². The standard InChI is InChI=1S/C12H16N2O3/c1-2-17-12(15)10-7-11(9-13-8-10)14-3-5-16-6-4-14/h7-9H,2-6H2,1H3. The molecule has 1 aliphatic rings. The Morgan fingerprint density at radius 3 is 2.94 bits per heavy atom. The predicted molar refractivity (Wildman–Crippen MR) is 63.2 cm³/mol. The number of carbonyl (C=O) groups excluding carboxylic acids is 1. The van der Waals surface area contributed by atoms with Crippen molar-refractivity contribution in [3.05, 3.63) is 24.0 Å². The van der Waals surface area contributed by atoms with Gasteiger partial charge in [0.05, 0.1) is 37.3 Å². The van der Waals surface area contributed by atoms with Crippen LogP contribution in [0.25, 0.3) is 0 Å². The zero-order valence-corrected chi connectivity index (χ0v) is 9.89. The molecule has 1 saturated heterocycles. The molecular weight excluding hydrogens is 220 g/mol. The molecule has 0 radical (unpaired) electrons. The number of aromatic nitrogens is 1. The van der Waals surface area contributed by atoms with E-state index in [0.29, 0.717) is 25.4 Å². The summed E-state index contributed by atoms with van der Waals surface area (Å²) in [5, 5.41) is 0. The molecule has 5 heteroatoms. The van der Waals surface area contributed by atoms with Crippen molar-refractivity contribution in [2.75, 3.05) is 37.8 Å². The fourth-order valence-corrected chi connectivity index (χ4v) is 1.75. The van der Waals surface area contributed by atoms with Crippen LogP contribution in [0, 0.1) is 0 Å². The molecule has 0 saturated carbocycles. The van der Waals surface area contributed by atoms with Gasteiger partial charge in [0.2, 0.25) is 0 Å². The van der Waals surface area contributed by atoms with Gasteiger partial charge in [-0.05, 0) is 13.0 Å². The summed E-state index contributed by atoms with van der Waals surface area (Å²) in [6.07, 6.45) is 3.29. The number of hydrogen-bond acceptors (Lipinski definition) is 5. The smallest absolute Gasteiger partial charge is 0.339 e. The first-order valence-electron chi connectivity index (χ1n) is 5.76. The Bertz CT molecular complexity index is 389. The molecule has 0 unspecified atom stereocenters. The average molecular weight is 236 g/mol. The highest BCUT2D eigenvalue weighted by molar-refractivity contribution is 5.90. The molecule has 1 aromatic heterocycles. The lowest BCUT2D eigenvalue weighted by Crippen LogP contribution is -2.36. The number of hydrogen-bond donors (Lipinski definition) is 0. The topological polar surface area (TPSA) is 51.7 Å². The summed E-state index contributed by atoms with van der Waals surface area (Å²) in [5.74, 6) is -0.324. The fraction of sp³-hybridized carbons (Fsp3) is 0.500. The van der Waals surface area contributed by atoms with Crippen molar-refractivity contribution in [1.82, 2.24) is 4.98 Å². The van der Waals surface area contributed by atoms with E-state index in [1.807, 2.05) is 6.07 Å². The van der Waals surface area contributed by atoms with Crippen LogP contribution in [0.1, 0.15) is 17.3 Å². The van der Waals surface area contributed by atoms with Gasteiger partial charge in [0.25, 0.3) is 0 Å². The summed E-state index contributed by atoms with van der Waals surface area (Å²) in [4.78, 5) is 17.8. The number of esters is 1. The van der Waals surface area contributed by atoms with E-state index in [4.69, 9.17) is 9.47 Å². The zero-order chi connectivity index (χ0) is 12.1. The number of rotatable bonds is 3. The summed E-state index contributed by atoms with van der Waals surface area (Å²) in [6, 6.07) is 1.82. The van der Waals surface area contributed by atoms with Crippen molar-refractivity contribution in [1.29, 1.82) is 0 Å². The molecule has 0 atom stereocenters. The number of ether oxygens (including phenoxy) is 2. The monoisotopic (exact) mass is 236 g/mol. The van der Waals surface area contributed by atoms with E-state index in [-0.39, 0.29) is 5.97 Å². The van der Waals surface area contributed by atoms with Crippen molar-refractivity contribution in [3.8, 4) is 0 Å². The summed E-state index contributed by atoms with van der Waals surface area (Å²) < 4.78 is 10.2. The van der Waals surface area contributed by atoms with Gasteiger partial charge in [-0.15, -0.1) is 0 Å². The lowest BCUT2D eigenvalue weighted by atomic mass is 10.2. The van der Waals surface area contributed by atoms with Gasteiger partial charge in [-0.1, -0.05) is 0 Å². The van der Waals surface area contributed by atoms with Crippen molar-refractivity contribution in [2.24, 2.45) is 0 Å². The van der Waals surface area contributed by atoms with Crippen LogP contribution in [-0.2, 0) is 9.47 Å². The normalized spacial score (nSPS) is 15.7. The molecule has 0 aliphatic carbocycles. The lowest BCUT2D eigenvalue weighted by Gasteiger charge is -2.28. The number of carbonyl (C=O) groups is 1. The van der Waals surface area contributed by atoms with Crippen LogP contribution in [0.2, 0.25) is 0 Å². The predicted octanol–water partition coefficient (Wildman–Crippen LogP) is 1.09. The average Bonchev–Trinajstić information content (AvgIpc) is 2.40. The molecule has 17 heavy (non-hydrogen) atoms. The van der Waals surface area contributed by atoms with Crippen molar-refractivity contribution in [3.63, 3.8) is 0 Å². The Morgan fingerprint density at radius 1 is 1.47 bits per heavy atom. The number of nitrogens with zero attached hydrogens (tertiary/aromatic N) is 2. The molecule has 2 heterocycles. The van der Waals surface area contributed by atoms with Gasteiger partial charge in [-0.2, -0.15) is 0 Å². The van der Waals surface area contributed by atoms with E-state index in [2.05, 4.69) is 9.88 Å². The molecule has 5 nitrogen and oxygen atoms in total. The lowest BCUT2D eigenvalue weighted by molar-refractivity contribution is 0.0526. The molecule has 0 amide bonds. The van der Waals surface area contributed by atoms with E-state index < -0.39 is 0 Å². The molecular formula is C12H16N2O3. The molecule has 92 valence electrons. The Kier molecular flexibility index (Phi) is 3.93. The van der Waals surface area contributed by atoms with E-state index in [1.165, 1.54) is 6.20 Å². The minimum atomic E-state index is -0.324. The Balaban J connectivity index is 2.12. The van der Waals surface area contributed by atoms with Crippen LogP contribution in [0.15, 0.2) is 18.5 Å². The number of anilines is 1. The molecule has 0 aromatic carbocycles. The molecule has 0 N–H and O–H groups in total. The molecule has 1 aromatic rings. The number of pyridine rings is 1. The van der Waals surface area contributed by atoms with Gasteiger partial charge < -0.3 is 14.4 Å².